The Kier molecular flexibility index (Phi) is 4.82. The zero-order chi connectivity index (χ0) is 13.0. The van der Waals surface area contributed by atoms with Crippen LogP contribution in [0, 0.1) is 0 Å². The summed E-state index contributed by atoms with van der Waals surface area (Å²) in [5.74, 6) is 0.747. The molecular weight excluding hydrogens is 214 g/mol. The smallest absolute Gasteiger partial charge is 0.126 e. The van der Waals surface area contributed by atoms with Crippen molar-refractivity contribution >= 4 is 5.69 Å². The van der Waals surface area contributed by atoms with Crippen molar-refractivity contribution in [2.45, 2.75) is 39.8 Å². The van der Waals surface area contributed by atoms with E-state index in [9.17, 15) is 5.11 Å². The van der Waals surface area contributed by atoms with Crippen LogP contribution in [-0.2, 0) is 0 Å². The first-order valence-corrected chi connectivity index (χ1v) is 6.14. The number of methoxy groups -OCH3 is 1. The van der Waals surface area contributed by atoms with Gasteiger partial charge in [0.25, 0.3) is 0 Å². The SMILES string of the molecule is CCN(c1cccc(OC)c1[C@H](C)O)C(C)C. The van der Waals surface area contributed by atoms with Crippen molar-refractivity contribution in [3.63, 3.8) is 0 Å². The first kappa shape index (κ1) is 13.8. The van der Waals surface area contributed by atoms with E-state index in [0.717, 1.165) is 23.5 Å². The van der Waals surface area contributed by atoms with E-state index in [-0.39, 0.29) is 0 Å². The van der Waals surface area contributed by atoms with Crippen molar-refractivity contribution < 1.29 is 9.84 Å². The summed E-state index contributed by atoms with van der Waals surface area (Å²) in [5.41, 5.74) is 1.92. The van der Waals surface area contributed by atoms with Crippen molar-refractivity contribution in [1.29, 1.82) is 0 Å². The Morgan fingerprint density at radius 2 is 1.94 bits per heavy atom. The summed E-state index contributed by atoms with van der Waals surface area (Å²) in [6.45, 7) is 9.09. The molecule has 17 heavy (non-hydrogen) atoms. The number of benzene rings is 1. The first-order valence-electron chi connectivity index (χ1n) is 6.14. The molecule has 0 saturated heterocycles. The minimum absolute atomic E-state index is 0.393. The van der Waals surface area contributed by atoms with Crippen molar-refractivity contribution in [2.24, 2.45) is 0 Å². The van der Waals surface area contributed by atoms with Gasteiger partial charge in [-0.05, 0) is 39.8 Å². The van der Waals surface area contributed by atoms with Crippen LogP contribution >= 0.6 is 0 Å². The standard InChI is InChI=1S/C14H23NO2/c1-6-15(10(2)3)12-8-7-9-13(17-5)14(12)11(4)16/h7-11,16H,6H2,1-5H3/t11-/m0/s1. The van der Waals surface area contributed by atoms with E-state index in [1.54, 1.807) is 14.0 Å². The molecule has 96 valence electrons. The fourth-order valence-corrected chi connectivity index (χ4v) is 2.19. The first-order chi connectivity index (χ1) is 8.02. The van der Waals surface area contributed by atoms with E-state index in [2.05, 4.69) is 25.7 Å². The van der Waals surface area contributed by atoms with Gasteiger partial charge in [0.2, 0.25) is 0 Å². The summed E-state index contributed by atoms with van der Waals surface area (Å²) in [6.07, 6.45) is -0.533. The van der Waals surface area contributed by atoms with Gasteiger partial charge in [0.05, 0.1) is 13.2 Å². The second kappa shape index (κ2) is 5.92. The number of hydrogen-bond acceptors (Lipinski definition) is 3. The summed E-state index contributed by atoms with van der Waals surface area (Å²) in [6, 6.07) is 6.28. The maximum absolute atomic E-state index is 9.94. The maximum Gasteiger partial charge on any atom is 0.126 e. The summed E-state index contributed by atoms with van der Waals surface area (Å²) < 4.78 is 5.34. The number of hydrogen-bond donors (Lipinski definition) is 1. The highest BCUT2D eigenvalue weighted by Gasteiger charge is 2.19. The van der Waals surface area contributed by atoms with Crippen molar-refractivity contribution in [3.8, 4) is 5.75 Å². The second-order valence-corrected chi connectivity index (χ2v) is 4.45. The minimum Gasteiger partial charge on any atom is -0.496 e. The van der Waals surface area contributed by atoms with Gasteiger partial charge in [0.15, 0.2) is 0 Å². The van der Waals surface area contributed by atoms with Gasteiger partial charge in [-0.1, -0.05) is 6.07 Å². The van der Waals surface area contributed by atoms with Gasteiger partial charge in [0.1, 0.15) is 5.75 Å². The van der Waals surface area contributed by atoms with E-state index in [0.29, 0.717) is 6.04 Å². The van der Waals surface area contributed by atoms with Crippen LogP contribution in [0.2, 0.25) is 0 Å². The molecule has 0 spiro atoms. The fraction of sp³-hybridized carbons (Fsp3) is 0.571. The Hall–Kier alpha value is -1.22. The van der Waals surface area contributed by atoms with Gasteiger partial charge in [-0.2, -0.15) is 0 Å². The molecular formula is C14H23NO2. The Bertz CT molecular complexity index is 361. The minimum atomic E-state index is -0.533. The molecule has 0 aliphatic heterocycles. The van der Waals surface area contributed by atoms with Gasteiger partial charge in [-0.15, -0.1) is 0 Å². The average Bonchev–Trinajstić information content (AvgIpc) is 2.28. The predicted molar refractivity (Wildman–Crippen MR) is 71.8 cm³/mol. The fourth-order valence-electron chi connectivity index (χ4n) is 2.19. The normalized spacial score (nSPS) is 12.6. The number of nitrogens with zero attached hydrogens (tertiary/aromatic N) is 1. The number of aliphatic hydroxyl groups excluding tert-OH is 1. The van der Waals surface area contributed by atoms with Crippen LogP contribution in [0.15, 0.2) is 18.2 Å². The molecule has 0 unspecified atom stereocenters. The predicted octanol–water partition coefficient (Wildman–Crippen LogP) is 2.98. The second-order valence-electron chi connectivity index (χ2n) is 4.45. The van der Waals surface area contributed by atoms with Crippen LogP contribution in [0.5, 0.6) is 5.75 Å². The molecule has 0 radical (unpaired) electrons. The van der Waals surface area contributed by atoms with Crippen LogP contribution in [0.3, 0.4) is 0 Å². The van der Waals surface area contributed by atoms with Crippen LogP contribution in [0.1, 0.15) is 39.4 Å². The molecule has 3 nitrogen and oxygen atoms in total. The lowest BCUT2D eigenvalue weighted by atomic mass is 10.0. The highest BCUT2D eigenvalue weighted by molar-refractivity contribution is 5.60. The largest absolute Gasteiger partial charge is 0.496 e. The molecule has 1 N–H and O–H groups in total. The lowest BCUT2D eigenvalue weighted by Gasteiger charge is -2.31. The molecule has 1 aromatic rings. The van der Waals surface area contributed by atoms with E-state index in [1.807, 2.05) is 18.2 Å². The molecule has 1 rings (SSSR count). The zero-order valence-electron chi connectivity index (χ0n) is 11.4. The quantitative estimate of drug-likeness (QED) is 0.854. The highest BCUT2D eigenvalue weighted by Crippen LogP contribution is 2.35. The Morgan fingerprint density at radius 1 is 1.29 bits per heavy atom. The van der Waals surface area contributed by atoms with Crippen LogP contribution in [0.4, 0.5) is 5.69 Å². The van der Waals surface area contributed by atoms with Gasteiger partial charge >= 0.3 is 0 Å². The van der Waals surface area contributed by atoms with Crippen molar-refractivity contribution in [3.05, 3.63) is 23.8 Å². The molecule has 0 fully saturated rings. The van der Waals surface area contributed by atoms with Crippen molar-refractivity contribution in [2.75, 3.05) is 18.6 Å². The maximum atomic E-state index is 9.94. The topological polar surface area (TPSA) is 32.7 Å². The third-order valence-electron chi connectivity index (χ3n) is 2.95. The zero-order valence-corrected chi connectivity index (χ0v) is 11.4. The Morgan fingerprint density at radius 3 is 2.35 bits per heavy atom. The molecule has 0 aromatic heterocycles. The molecule has 0 heterocycles. The summed E-state index contributed by atoms with van der Waals surface area (Å²) in [7, 11) is 1.64. The molecule has 0 aliphatic carbocycles. The van der Waals surface area contributed by atoms with Crippen LogP contribution < -0.4 is 9.64 Å². The summed E-state index contributed by atoms with van der Waals surface area (Å²) in [5, 5.41) is 9.94. The van der Waals surface area contributed by atoms with E-state index in [1.165, 1.54) is 0 Å². The lowest BCUT2D eigenvalue weighted by molar-refractivity contribution is 0.194. The Balaban J connectivity index is 3.31. The molecule has 1 aromatic carbocycles. The average molecular weight is 237 g/mol. The molecule has 0 aliphatic rings. The highest BCUT2D eigenvalue weighted by atomic mass is 16.5. The Labute approximate surface area is 104 Å². The number of ether oxygens (including phenoxy) is 1. The monoisotopic (exact) mass is 237 g/mol. The van der Waals surface area contributed by atoms with Gasteiger partial charge < -0.3 is 14.7 Å². The van der Waals surface area contributed by atoms with Crippen LogP contribution in [-0.4, -0.2) is 24.8 Å². The van der Waals surface area contributed by atoms with Gasteiger partial charge in [-0.3, -0.25) is 0 Å². The number of aliphatic hydroxyl groups is 1. The van der Waals surface area contributed by atoms with E-state index in [4.69, 9.17) is 4.74 Å². The van der Waals surface area contributed by atoms with Crippen LogP contribution in [0.25, 0.3) is 0 Å². The molecule has 0 amide bonds. The van der Waals surface area contributed by atoms with Gasteiger partial charge in [-0.25, -0.2) is 0 Å². The number of anilines is 1. The molecule has 0 bridgehead atoms. The van der Waals surface area contributed by atoms with E-state index >= 15 is 0 Å². The third-order valence-corrected chi connectivity index (χ3v) is 2.95. The third kappa shape index (κ3) is 2.91. The number of rotatable bonds is 5. The van der Waals surface area contributed by atoms with E-state index < -0.39 is 6.10 Å². The lowest BCUT2D eigenvalue weighted by Crippen LogP contribution is -2.31. The van der Waals surface area contributed by atoms with Crippen molar-refractivity contribution in [1.82, 2.24) is 0 Å². The molecule has 1 atom stereocenters. The molecule has 3 heteroatoms. The molecule has 0 saturated carbocycles. The van der Waals surface area contributed by atoms with Gasteiger partial charge in [0, 0.05) is 23.8 Å². The summed E-state index contributed by atoms with van der Waals surface area (Å²) >= 11 is 0. The summed E-state index contributed by atoms with van der Waals surface area (Å²) in [4.78, 5) is 2.25.